The Bertz CT molecular complexity index is 319. The molecule has 2 atom stereocenters. The molecule has 1 N–H and O–H groups in total. The molecule has 1 aromatic heterocycles. The van der Waals surface area contributed by atoms with Crippen LogP contribution in [-0.4, -0.2) is 16.0 Å². The predicted octanol–water partition coefficient (Wildman–Crippen LogP) is 1.67. The molecule has 14 heavy (non-hydrogen) atoms. The number of hydrogen-bond acceptors (Lipinski definition) is 3. The summed E-state index contributed by atoms with van der Waals surface area (Å²) >= 11 is 0. The van der Waals surface area contributed by atoms with Gasteiger partial charge in [-0.15, -0.1) is 24.8 Å². The van der Waals surface area contributed by atoms with Crippen LogP contribution in [-0.2, 0) is 6.42 Å². The van der Waals surface area contributed by atoms with Crippen molar-refractivity contribution in [3.63, 3.8) is 0 Å². The fourth-order valence-corrected chi connectivity index (χ4v) is 2.29. The van der Waals surface area contributed by atoms with Crippen molar-refractivity contribution >= 4 is 24.8 Å². The fraction of sp³-hybridized carbons (Fsp3) is 0.556. The Morgan fingerprint density at radius 1 is 1.29 bits per heavy atom. The molecule has 3 rings (SSSR count). The van der Waals surface area contributed by atoms with Crippen LogP contribution in [0.3, 0.4) is 0 Å². The van der Waals surface area contributed by atoms with Gasteiger partial charge in [0.15, 0.2) is 0 Å². The Morgan fingerprint density at radius 2 is 2.14 bits per heavy atom. The summed E-state index contributed by atoms with van der Waals surface area (Å²) in [6, 6.07) is 1.22. The van der Waals surface area contributed by atoms with Gasteiger partial charge < -0.3 is 5.32 Å². The average Bonchev–Trinajstić information content (AvgIpc) is 2.49. The molecule has 2 bridgehead atoms. The summed E-state index contributed by atoms with van der Waals surface area (Å²) in [6.07, 6.45) is 7.26. The zero-order valence-electron chi connectivity index (χ0n) is 7.64. The number of fused-ring (bicyclic) bond motifs is 4. The molecule has 0 aromatic carbocycles. The molecule has 0 amide bonds. The van der Waals surface area contributed by atoms with Crippen LogP contribution in [0, 0.1) is 0 Å². The summed E-state index contributed by atoms with van der Waals surface area (Å²) < 4.78 is 0. The van der Waals surface area contributed by atoms with Gasteiger partial charge in [0.05, 0.1) is 5.69 Å². The van der Waals surface area contributed by atoms with E-state index in [9.17, 15) is 0 Å². The van der Waals surface area contributed by atoms with Crippen LogP contribution < -0.4 is 5.32 Å². The molecular weight excluding hydrogens is 221 g/mol. The molecule has 1 aromatic rings. The maximum atomic E-state index is 4.31. The second-order valence-corrected chi connectivity index (χ2v) is 3.62. The van der Waals surface area contributed by atoms with Crippen molar-refractivity contribution < 1.29 is 0 Å². The topological polar surface area (TPSA) is 37.8 Å². The van der Waals surface area contributed by atoms with Crippen molar-refractivity contribution in [2.24, 2.45) is 0 Å². The molecule has 0 saturated carbocycles. The quantitative estimate of drug-likeness (QED) is 0.742. The molecule has 78 valence electrons. The first-order valence-corrected chi connectivity index (χ1v) is 4.48. The first-order chi connectivity index (χ1) is 5.93. The molecule has 3 heterocycles. The molecule has 3 nitrogen and oxygen atoms in total. The molecular formula is C9H13Cl2N3. The molecule has 1 fully saturated rings. The van der Waals surface area contributed by atoms with Gasteiger partial charge in [0.25, 0.3) is 0 Å². The van der Waals surface area contributed by atoms with Crippen molar-refractivity contribution in [1.82, 2.24) is 15.3 Å². The van der Waals surface area contributed by atoms with Gasteiger partial charge in [-0.2, -0.15) is 0 Å². The number of nitrogens with one attached hydrogen (secondary N) is 1. The zero-order chi connectivity index (χ0) is 7.97. The van der Waals surface area contributed by atoms with E-state index in [2.05, 4.69) is 15.3 Å². The fourth-order valence-electron chi connectivity index (χ4n) is 2.29. The molecule has 0 aliphatic carbocycles. The number of aromatic nitrogens is 2. The lowest BCUT2D eigenvalue weighted by molar-refractivity contribution is 0.504. The normalized spacial score (nSPS) is 27.1. The second-order valence-electron chi connectivity index (χ2n) is 3.62. The SMILES string of the molecule is Cl.Cl.c1ncc2c(n1)CC1CCC2N1. The molecule has 2 unspecified atom stereocenters. The lowest BCUT2D eigenvalue weighted by Gasteiger charge is -2.22. The van der Waals surface area contributed by atoms with Gasteiger partial charge in [0.1, 0.15) is 6.33 Å². The van der Waals surface area contributed by atoms with Crippen molar-refractivity contribution in [1.29, 1.82) is 0 Å². The highest BCUT2D eigenvalue weighted by molar-refractivity contribution is 5.85. The van der Waals surface area contributed by atoms with Crippen LogP contribution in [0.25, 0.3) is 0 Å². The lowest BCUT2D eigenvalue weighted by atomic mass is 10.0. The van der Waals surface area contributed by atoms with Crippen LogP contribution >= 0.6 is 24.8 Å². The minimum atomic E-state index is 0. The van der Waals surface area contributed by atoms with E-state index in [1.165, 1.54) is 24.1 Å². The van der Waals surface area contributed by atoms with E-state index >= 15 is 0 Å². The Morgan fingerprint density at radius 3 is 3.00 bits per heavy atom. The van der Waals surface area contributed by atoms with Crippen LogP contribution in [0.2, 0.25) is 0 Å². The third kappa shape index (κ3) is 1.72. The van der Waals surface area contributed by atoms with Crippen molar-refractivity contribution in [2.75, 3.05) is 0 Å². The van der Waals surface area contributed by atoms with Crippen molar-refractivity contribution in [2.45, 2.75) is 31.3 Å². The Kier molecular flexibility index (Phi) is 3.70. The van der Waals surface area contributed by atoms with E-state index in [1.807, 2.05) is 6.20 Å². The van der Waals surface area contributed by atoms with E-state index in [-0.39, 0.29) is 24.8 Å². The van der Waals surface area contributed by atoms with Crippen LogP contribution in [0.4, 0.5) is 0 Å². The summed E-state index contributed by atoms with van der Waals surface area (Å²) in [4.78, 5) is 8.37. The van der Waals surface area contributed by atoms with Gasteiger partial charge in [-0.25, -0.2) is 9.97 Å². The number of rotatable bonds is 0. The first kappa shape index (κ1) is 11.7. The van der Waals surface area contributed by atoms with Crippen LogP contribution in [0.5, 0.6) is 0 Å². The minimum absolute atomic E-state index is 0. The van der Waals surface area contributed by atoms with Crippen molar-refractivity contribution in [3.8, 4) is 0 Å². The molecule has 5 heteroatoms. The molecule has 0 radical (unpaired) electrons. The lowest BCUT2D eigenvalue weighted by Crippen LogP contribution is -2.32. The highest BCUT2D eigenvalue weighted by Gasteiger charge is 2.32. The standard InChI is InChI=1S/C9H11N3.2ClH/c1-2-8-7-4-10-5-11-9(7)3-6(1)12-8;;/h4-6,8,12H,1-3H2;2*1H. The summed E-state index contributed by atoms with van der Waals surface area (Å²) in [5.41, 5.74) is 2.59. The Hall–Kier alpha value is -0.380. The van der Waals surface area contributed by atoms with E-state index in [0.717, 1.165) is 6.42 Å². The maximum absolute atomic E-state index is 4.31. The predicted molar refractivity (Wildman–Crippen MR) is 59.1 cm³/mol. The zero-order valence-corrected chi connectivity index (χ0v) is 9.27. The van der Waals surface area contributed by atoms with E-state index in [0.29, 0.717) is 12.1 Å². The number of halogens is 2. The van der Waals surface area contributed by atoms with Crippen LogP contribution in [0.15, 0.2) is 12.5 Å². The highest BCUT2D eigenvalue weighted by Crippen LogP contribution is 2.33. The van der Waals surface area contributed by atoms with E-state index in [4.69, 9.17) is 0 Å². The monoisotopic (exact) mass is 233 g/mol. The van der Waals surface area contributed by atoms with Gasteiger partial charge in [-0.05, 0) is 12.8 Å². The number of nitrogens with zero attached hydrogens (tertiary/aromatic N) is 2. The van der Waals surface area contributed by atoms with Gasteiger partial charge in [0, 0.05) is 30.3 Å². The second kappa shape index (κ2) is 4.43. The van der Waals surface area contributed by atoms with Gasteiger partial charge >= 0.3 is 0 Å². The maximum Gasteiger partial charge on any atom is 0.115 e. The van der Waals surface area contributed by atoms with Gasteiger partial charge in [-0.1, -0.05) is 0 Å². The summed E-state index contributed by atoms with van der Waals surface area (Å²) in [6.45, 7) is 0. The largest absolute Gasteiger partial charge is 0.307 e. The van der Waals surface area contributed by atoms with Crippen LogP contribution in [0.1, 0.15) is 30.1 Å². The Balaban J connectivity index is 0.000000490. The third-order valence-corrected chi connectivity index (χ3v) is 2.88. The molecule has 1 saturated heterocycles. The summed E-state index contributed by atoms with van der Waals surface area (Å²) in [7, 11) is 0. The van der Waals surface area contributed by atoms with Gasteiger partial charge in [0.2, 0.25) is 0 Å². The molecule has 2 aliphatic heterocycles. The molecule has 2 aliphatic rings. The summed E-state index contributed by atoms with van der Waals surface area (Å²) in [5, 5.41) is 3.57. The molecule has 0 spiro atoms. The van der Waals surface area contributed by atoms with E-state index in [1.54, 1.807) is 6.33 Å². The number of hydrogen-bond donors (Lipinski definition) is 1. The Labute approximate surface area is 95.5 Å². The highest BCUT2D eigenvalue weighted by atomic mass is 35.5. The van der Waals surface area contributed by atoms with E-state index < -0.39 is 0 Å². The smallest absolute Gasteiger partial charge is 0.115 e. The minimum Gasteiger partial charge on any atom is -0.307 e. The summed E-state index contributed by atoms with van der Waals surface area (Å²) in [5.74, 6) is 0. The average molecular weight is 234 g/mol. The van der Waals surface area contributed by atoms with Crippen molar-refractivity contribution in [3.05, 3.63) is 23.8 Å². The first-order valence-electron chi connectivity index (χ1n) is 4.48. The van der Waals surface area contributed by atoms with Gasteiger partial charge in [-0.3, -0.25) is 0 Å². The third-order valence-electron chi connectivity index (χ3n) is 2.88.